The van der Waals surface area contributed by atoms with Crippen LogP contribution in [0.1, 0.15) is 124 Å². The molecule has 4 aliphatic heterocycles. The zero-order chi connectivity index (χ0) is 48.0. The lowest BCUT2D eigenvalue weighted by Crippen LogP contribution is -2.54. The topological polar surface area (TPSA) is 169 Å². The van der Waals surface area contributed by atoms with Crippen LogP contribution in [0.2, 0.25) is 0 Å². The van der Waals surface area contributed by atoms with Crippen LogP contribution >= 0.6 is 0 Å². The lowest BCUT2D eigenvalue weighted by atomic mass is 9.84. The number of carbonyl (C=O) groups excluding carboxylic acids is 4. The van der Waals surface area contributed by atoms with Gasteiger partial charge in [-0.1, -0.05) is 20.3 Å². The number of benzene rings is 1. The first-order valence-corrected chi connectivity index (χ1v) is 24.7. The van der Waals surface area contributed by atoms with E-state index in [1.807, 2.05) is 6.20 Å². The standard InChI is InChI=1S/C51H76N8O8/c1-10-59-44-19-18-36(57-22-14-15-35(30-57)25-43(54-49(63)67-50(4,5)6)48(62)66-47(61)42-17-13-20-53-55-42)26-39(44)41(28-51(7,8)32-65-34(3)60)46(59)40-27-38(29-52-45(40)33(2)64-9)58-24-23-56-21-12-11-16-37(56)31-58/h18-19,26-27,29,33,35,37,42-43,53,55H,10-17,20-25,28,30-32H2,1-9H3,(H,54,63)/t33-,35-,37+,42?,43-/m0/s1. The molecular weight excluding hydrogens is 853 g/mol. The summed E-state index contributed by atoms with van der Waals surface area (Å²) < 4.78 is 25.1. The Kier molecular flexibility index (Phi) is 16.2. The number of nitrogens with zero attached hydrogens (tertiary/aromatic N) is 5. The van der Waals surface area contributed by atoms with Gasteiger partial charge in [-0.3, -0.25) is 20.1 Å². The van der Waals surface area contributed by atoms with E-state index in [0.29, 0.717) is 38.5 Å². The number of hydrazine groups is 1. The van der Waals surface area contributed by atoms with Crippen LogP contribution in [0.3, 0.4) is 0 Å². The van der Waals surface area contributed by atoms with Crippen molar-refractivity contribution in [3.63, 3.8) is 0 Å². The van der Waals surface area contributed by atoms with Crippen LogP contribution < -0.4 is 26.0 Å². The maximum atomic E-state index is 13.7. The van der Waals surface area contributed by atoms with Gasteiger partial charge in [0.15, 0.2) is 0 Å². The molecule has 0 bridgehead atoms. The van der Waals surface area contributed by atoms with Crippen molar-refractivity contribution in [3.8, 4) is 11.3 Å². The fourth-order valence-electron chi connectivity index (χ4n) is 10.5. The maximum Gasteiger partial charge on any atom is 0.408 e. The summed E-state index contributed by atoms with van der Waals surface area (Å²) in [6.45, 7) is 22.5. The molecule has 0 saturated carbocycles. The molecule has 2 aromatic heterocycles. The Morgan fingerprint density at radius 2 is 1.72 bits per heavy atom. The van der Waals surface area contributed by atoms with Gasteiger partial charge in [-0.15, -0.1) is 0 Å². The summed E-state index contributed by atoms with van der Waals surface area (Å²) in [6.07, 6.45) is 8.66. The van der Waals surface area contributed by atoms with Crippen LogP contribution in [0, 0.1) is 11.3 Å². The van der Waals surface area contributed by atoms with Crippen molar-refractivity contribution in [2.24, 2.45) is 11.3 Å². The minimum Gasteiger partial charge on any atom is -0.465 e. The molecule has 3 aromatic rings. The second-order valence-corrected chi connectivity index (χ2v) is 20.9. The first-order chi connectivity index (χ1) is 31.9. The number of rotatable bonds is 15. The van der Waals surface area contributed by atoms with Gasteiger partial charge in [0.05, 0.1) is 36.0 Å². The summed E-state index contributed by atoms with van der Waals surface area (Å²) in [5, 5.41) is 3.86. The molecule has 3 N–H and O–H groups in total. The van der Waals surface area contributed by atoms with Gasteiger partial charge in [-0.2, -0.15) is 0 Å². The molecule has 1 unspecified atom stereocenters. The number of piperidine rings is 2. The quantitative estimate of drug-likeness (QED) is 0.0805. The third-order valence-electron chi connectivity index (χ3n) is 13.9. The van der Waals surface area contributed by atoms with E-state index in [1.165, 1.54) is 32.7 Å². The van der Waals surface area contributed by atoms with Gasteiger partial charge in [0.25, 0.3) is 0 Å². The third-order valence-corrected chi connectivity index (χ3v) is 13.9. The number of piperazine rings is 1. The van der Waals surface area contributed by atoms with E-state index in [1.54, 1.807) is 27.9 Å². The number of alkyl carbamates (subject to hydrolysis) is 1. The minimum absolute atomic E-state index is 0.0122. The van der Waals surface area contributed by atoms with E-state index < -0.39 is 41.1 Å². The molecular formula is C51H76N8O8. The monoisotopic (exact) mass is 929 g/mol. The summed E-state index contributed by atoms with van der Waals surface area (Å²) in [4.78, 5) is 64.7. The number of methoxy groups -OCH3 is 1. The average Bonchev–Trinajstić information content (AvgIpc) is 3.61. The van der Waals surface area contributed by atoms with Gasteiger partial charge in [-0.25, -0.2) is 19.8 Å². The largest absolute Gasteiger partial charge is 0.465 e. The summed E-state index contributed by atoms with van der Waals surface area (Å²) in [7, 11) is 1.73. The highest BCUT2D eigenvalue weighted by Crippen LogP contribution is 2.43. The number of carbonyl (C=O) groups is 4. The summed E-state index contributed by atoms with van der Waals surface area (Å²) in [6, 6.07) is 7.81. The average molecular weight is 929 g/mol. The number of nitrogens with one attached hydrogen (secondary N) is 3. The number of fused-ring (bicyclic) bond motifs is 2. The van der Waals surface area contributed by atoms with Crippen molar-refractivity contribution in [2.45, 2.75) is 150 Å². The van der Waals surface area contributed by atoms with E-state index >= 15 is 0 Å². The van der Waals surface area contributed by atoms with E-state index in [4.69, 9.17) is 23.9 Å². The van der Waals surface area contributed by atoms with Crippen LogP contribution in [-0.2, 0) is 46.3 Å². The first-order valence-electron chi connectivity index (χ1n) is 24.7. The summed E-state index contributed by atoms with van der Waals surface area (Å²) >= 11 is 0. The van der Waals surface area contributed by atoms with E-state index in [-0.39, 0.29) is 31.0 Å². The number of amides is 1. The fourth-order valence-corrected chi connectivity index (χ4v) is 10.5. The number of anilines is 2. The second kappa shape index (κ2) is 21.7. The summed E-state index contributed by atoms with van der Waals surface area (Å²) in [5.74, 6) is -1.79. The minimum atomic E-state index is -1.09. The Morgan fingerprint density at radius 3 is 2.43 bits per heavy atom. The molecule has 7 rings (SSSR count). The SMILES string of the molecule is CCn1c(-c2cc(N3CCN4CCCC[C@@H]4C3)cnc2[C@H](C)OC)c(CC(C)(C)COC(C)=O)c2cc(N3CCC[C@@H](C[C@H](NC(=O)OC(C)(C)C)C(=O)OC(=O)C4CCCNN4)C3)ccc21. The van der Waals surface area contributed by atoms with Gasteiger partial charge in [0.2, 0.25) is 0 Å². The molecule has 67 heavy (non-hydrogen) atoms. The smallest absolute Gasteiger partial charge is 0.408 e. The molecule has 6 heterocycles. The van der Waals surface area contributed by atoms with Crippen molar-refractivity contribution in [3.05, 3.63) is 41.7 Å². The van der Waals surface area contributed by atoms with E-state index in [0.717, 1.165) is 90.2 Å². The number of pyridine rings is 1. The van der Waals surface area contributed by atoms with Crippen molar-refractivity contribution >= 4 is 46.3 Å². The Morgan fingerprint density at radius 1 is 0.925 bits per heavy atom. The molecule has 16 nitrogen and oxygen atoms in total. The predicted molar refractivity (Wildman–Crippen MR) is 260 cm³/mol. The van der Waals surface area contributed by atoms with Crippen LogP contribution in [0.25, 0.3) is 22.2 Å². The van der Waals surface area contributed by atoms with Crippen molar-refractivity contribution in [2.75, 3.05) is 69.3 Å². The molecule has 4 aliphatic rings. The normalized spacial score (nSPS) is 21.6. The zero-order valence-corrected chi connectivity index (χ0v) is 41.5. The number of hydrogen-bond acceptors (Lipinski definition) is 14. The van der Waals surface area contributed by atoms with Crippen LogP contribution in [-0.4, -0.2) is 122 Å². The van der Waals surface area contributed by atoms with Crippen molar-refractivity contribution < 1.29 is 38.1 Å². The molecule has 368 valence electrons. The van der Waals surface area contributed by atoms with Crippen LogP contribution in [0.4, 0.5) is 16.2 Å². The third kappa shape index (κ3) is 12.5. The lowest BCUT2D eigenvalue weighted by Gasteiger charge is -2.45. The molecule has 0 radical (unpaired) electrons. The zero-order valence-electron chi connectivity index (χ0n) is 41.5. The highest BCUT2D eigenvalue weighted by Gasteiger charge is 2.36. The fraction of sp³-hybridized carbons (Fsp3) is 0.667. The second-order valence-electron chi connectivity index (χ2n) is 20.9. The Hall–Kier alpha value is -4.77. The Balaban J connectivity index is 1.24. The lowest BCUT2D eigenvalue weighted by molar-refractivity contribution is -0.163. The van der Waals surface area contributed by atoms with Gasteiger partial charge in [0.1, 0.15) is 17.7 Å². The van der Waals surface area contributed by atoms with Gasteiger partial charge < -0.3 is 38.6 Å². The molecule has 1 aromatic carbocycles. The van der Waals surface area contributed by atoms with Crippen molar-refractivity contribution in [1.82, 2.24) is 30.6 Å². The number of aromatic nitrogens is 2. The van der Waals surface area contributed by atoms with Crippen LogP contribution in [0.5, 0.6) is 0 Å². The van der Waals surface area contributed by atoms with Crippen LogP contribution in [0.15, 0.2) is 30.5 Å². The number of ether oxygens (including phenoxy) is 4. The maximum absolute atomic E-state index is 13.7. The highest BCUT2D eigenvalue weighted by molar-refractivity contribution is 5.95. The number of aryl methyl sites for hydroxylation is 1. The van der Waals surface area contributed by atoms with Gasteiger partial charge in [0, 0.05) is 93.5 Å². The molecule has 5 atom stereocenters. The van der Waals surface area contributed by atoms with Gasteiger partial charge in [-0.05, 0) is 128 Å². The van der Waals surface area contributed by atoms with Crippen molar-refractivity contribution in [1.29, 1.82) is 0 Å². The molecule has 16 heteroatoms. The molecule has 0 aliphatic carbocycles. The molecule has 1 amide bonds. The van der Waals surface area contributed by atoms with E-state index in [9.17, 15) is 19.2 Å². The van der Waals surface area contributed by atoms with E-state index in [2.05, 4.69) is 87.4 Å². The summed E-state index contributed by atoms with van der Waals surface area (Å²) in [5.41, 5.74) is 12.1. The number of hydrogen-bond donors (Lipinski definition) is 3. The Bertz CT molecular complexity index is 2230. The Labute approximate surface area is 397 Å². The highest BCUT2D eigenvalue weighted by atomic mass is 16.6. The number of esters is 3. The molecule has 4 fully saturated rings. The molecule has 0 spiro atoms. The predicted octanol–water partition coefficient (Wildman–Crippen LogP) is 7.06. The first kappa shape index (κ1) is 50.1. The molecule has 4 saturated heterocycles. The van der Waals surface area contributed by atoms with Gasteiger partial charge >= 0.3 is 24.0 Å².